The fourth-order valence-corrected chi connectivity index (χ4v) is 3.84. The number of ether oxygens (including phenoxy) is 1. The third-order valence-corrected chi connectivity index (χ3v) is 5.45. The summed E-state index contributed by atoms with van der Waals surface area (Å²) in [6.07, 6.45) is 3.79. The van der Waals surface area contributed by atoms with Gasteiger partial charge in [-0.15, -0.1) is 0 Å². The summed E-state index contributed by atoms with van der Waals surface area (Å²) in [5.74, 6) is 1.56. The van der Waals surface area contributed by atoms with Gasteiger partial charge in [0.1, 0.15) is 5.75 Å². The molecule has 148 valence electrons. The van der Waals surface area contributed by atoms with Crippen molar-refractivity contribution in [2.75, 3.05) is 20.2 Å². The molecule has 1 fully saturated rings. The Balaban J connectivity index is 1.55. The monoisotopic (exact) mass is 387 g/mol. The van der Waals surface area contributed by atoms with Gasteiger partial charge in [-0.25, -0.2) is 9.97 Å². The Bertz CT molecular complexity index is 1000. The average Bonchev–Trinajstić information content (AvgIpc) is 2.79. The van der Waals surface area contributed by atoms with E-state index in [2.05, 4.69) is 24.0 Å². The largest absolute Gasteiger partial charge is 0.496 e. The van der Waals surface area contributed by atoms with Crippen LogP contribution in [0, 0.1) is 6.92 Å². The summed E-state index contributed by atoms with van der Waals surface area (Å²) in [5.41, 5.74) is 3.82. The van der Waals surface area contributed by atoms with Gasteiger partial charge in [0.15, 0.2) is 5.82 Å². The highest BCUT2D eigenvalue weighted by Crippen LogP contribution is 2.29. The van der Waals surface area contributed by atoms with Crippen LogP contribution in [0.1, 0.15) is 40.4 Å². The van der Waals surface area contributed by atoms with Gasteiger partial charge in [0.05, 0.1) is 12.7 Å². The molecule has 5 nitrogen and oxygen atoms in total. The average molecular weight is 387 g/mol. The van der Waals surface area contributed by atoms with Crippen LogP contribution < -0.4 is 4.74 Å². The van der Waals surface area contributed by atoms with E-state index in [1.54, 1.807) is 7.11 Å². The van der Waals surface area contributed by atoms with E-state index in [4.69, 9.17) is 9.72 Å². The van der Waals surface area contributed by atoms with E-state index >= 15 is 0 Å². The lowest BCUT2D eigenvalue weighted by molar-refractivity contribution is 0.0702. The molecule has 0 spiro atoms. The van der Waals surface area contributed by atoms with Crippen LogP contribution in [0.4, 0.5) is 0 Å². The first-order chi connectivity index (χ1) is 14.2. The molecule has 0 radical (unpaired) electrons. The maximum atomic E-state index is 13.1. The molecule has 29 heavy (non-hydrogen) atoms. The lowest BCUT2D eigenvalue weighted by atomic mass is 9.94. The minimum atomic E-state index is 0.0139. The van der Waals surface area contributed by atoms with Crippen molar-refractivity contribution in [2.45, 2.75) is 25.7 Å². The zero-order valence-electron chi connectivity index (χ0n) is 16.8. The number of amides is 1. The van der Waals surface area contributed by atoms with Crippen LogP contribution in [-0.2, 0) is 0 Å². The first-order valence-corrected chi connectivity index (χ1v) is 9.98. The highest BCUT2D eigenvalue weighted by atomic mass is 16.5. The molecule has 1 atom stereocenters. The normalized spacial score (nSPS) is 16.5. The van der Waals surface area contributed by atoms with Crippen LogP contribution in [0.3, 0.4) is 0 Å². The molecule has 2 aromatic carbocycles. The number of carbonyl (C=O) groups excluding carboxylic acids is 1. The molecule has 0 N–H and O–H groups in total. The third kappa shape index (κ3) is 4.14. The molecule has 1 aliphatic heterocycles. The highest BCUT2D eigenvalue weighted by molar-refractivity contribution is 5.97. The van der Waals surface area contributed by atoms with E-state index in [9.17, 15) is 4.79 Å². The topological polar surface area (TPSA) is 55.3 Å². The maximum absolute atomic E-state index is 13.1. The number of carbonyl (C=O) groups is 1. The first-order valence-electron chi connectivity index (χ1n) is 9.98. The van der Waals surface area contributed by atoms with E-state index in [0.717, 1.165) is 36.5 Å². The molecule has 1 aromatic heterocycles. The molecular formula is C24H25N3O2. The number of aryl methyl sites for hydroxylation is 1. The van der Waals surface area contributed by atoms with Crippen molar-refractivity contribution in [1.82, 2.24) is 14.9 Å². The van der Waals surface area contributed by atoms with Crippen LogP contribution in [-0.4, -0.2) is 41.0 Å². The summed E-state index contributed by atoms with van der Waals surface area (Å²) in [4.78, 5) is 24.3. The van der Waals surface area contributed by atoms with Gasteiger partial charge >= 0.3 is 0 Å². The fraction of sp³-hybridized carbons (Fsp3) is 0.292. The maximum Gasteiger partial charge on any atom is 0.257 e. The van der Waals surface area contributed by atoms with Crippen LogP contribution >= 0.6 is 0 Å². The molecule has 0 aliphatic carbocycles. The lowest BCUT2D eigenvalue weighted by Gasteiger charge is -2.33. The number of methoxy groups -OCH3 is 1. The number of aromatic nitrogens is 2. The summed E-state index contributed by atoms with van der Waals surface area (Å²) in [5, 5.41) is 0. The highest BCUT2D eigenvalue weighted by Gasteiger charge is 2.28. The minimum Gasteiger partial charge on any atom is -0.496 e. The second-order valence-corrected chi connectivity index (χ2v) is 7.46. The van der Waals surface area contributed by atoms with Crippen molar-refractivity contribution in [1.29, 1.82) is 0 Å². The number of rotatable bonds is 4. The summed E-state index contributed by atoms with van der Waals surface area (Å²) in [7, 11) is 1.60. The second kappa shape index (κ2) is 8.43. The minimum absolute atomic E-state index is 0.0139. The number of piperidine rings is 1. The summed E-state index contributed by atoms with van der Waals surface area (Å²) >= 11 is 0. The molecule has 0 saturated carbocycles. The molecule has 0 bridgehead atoms. The number of para-hydroxylation sites is 1. The lowest BCUT2D eigenvalue weighted by Crippen LogP contribution is -2.39. The van der Waals surface area contributed by atoms with Crippen molar-refractivity contribution in [3.63, 3.8) is 0 Å². The Morgan fingerprint density at radius 1 is 1.10 bits per heavy atom. The van der Waals surface area contributed by atoms with Gasteiger partial charge in [-0.05, 0) is 38.0 Å². The predicted octanol–water partition coefficient (Wildman–Crippen LogP) is 4.48. The van der Waals surface area contributed by atoms with Gasteiger partial charge < -0.3 is 9.64 Å². The van der Waals surface area contributed by atoms with Crippen LogP contribution in [0.15, 0.2) is 60.8 Å². The van der Waals surface area contributed by atoms with E-state index in [1.165, 1.54) is 5.56 Å². The van der Waals surface area contributed by atoms with Gasteiger partial charge in [-0.2, -0.15) is 0 Å². The van der Waals surface area contributed by atoms with Gasteiger partial charge in [0.2, 0.25) is 0 Å². The summed E-state index contributed by atoms with van der Waals surface area (Å²) in [6.45, 7) is 3.47. The van der Waals surface area contributed by atoms with Gasteiger partial charge in [-0.1, -0.05) is 42.0 Å². The fourth-order valence-electron chi connectivity index (χ4n) is 3.84. The van der Waals surface area contributed by atoms with Gasteiger partial charge in [0.25, 0.3) is 5.91 Å². The van der Waals surface area contributed by atoms with Crippen LogP contribution in [0.25, 0.3) is 11.4 Å². The second-order valence-electron chi connectivity index (χ2n) is 7.46. The van der Waals surface area contributed by atoms with E-state index in [0.29, 0.717) is 17.9 Å². The molecular weight excluding hydrogens is 362 g/mol. The molecule has 3 aromatic rings. The number of likely N-dealkylation sites (tertiary alicyclic amines) is 1. The Labute approximate surface area is 171 Å². The molecule has 5 heteroatoms. The van der Waals surface area contributed by atoms with Crippen molar-refractivity contribution >= 4 is 5.91 Å². The number of hydrogen-bond donors (Lipinski definition) is 0. The Hall–Kier alpha value is -3.21. The van der Waals surface area contributed by atoms with Crippen molar-refractivity contribution in [2.24, 2.45) is 0 Å². The number of nitrogens with zero attached hydrogens (tertiary/aromatic N) is 3. The summed E-state index contributed by atoms with van der Waals surface area (Å²) < 4.78 is 5.37. The van der Waals surface area contributed by atoms with E-state index < -0.39 is 0 Å². The smallest absolute Gasteiger partial charge is 0.257 e. The standard InChI is InChI=1S/C24H25N3O2/c1-17-9-11-18(12-10-17)23-25-14-13-21(26-23)19-6-5-15-27(16-19)24(28)20-7-3-4-8-22(20)29-2/h3-4,7-14,19H,5-6,15-16H2,1-2H3. The van der Waals surface area contributed by atoms with Crippen molar-refractivity contribution in [3.8, 4) is 17.1 Å². The van der Waals surface area contributed by atoms with Crippen molar-refractivity contribution < 1.29 is 9.53 Å². The van der Waals surface area contributed by atoms with Crippen LogP contribution in [0.2, 0.25) is 0 Å². The zero-order chi connectivity index (χ0) is 20.2. The molecule has 1 amide bonds. The van der Waals surface area contributed by atoms with Gasteiger partial charge in [0, 0.05) is 36.5 Å². The predicted molar refractivity (Wildman–Crippen MR) is 113 cm³/mol. The molecule has 2 heterocycles. The third-order valence-electron chi connectivity index (χ3n) is 5.45. The molecule has 1 unspecified atom stereocenters. The van der Waals surface area contributed by atoms with Crippen molar-refractivity contribution in [3.05, 3.63) is 77.6 Å². The molecule has 1 aliphatic rings. The quantitative estimate of drug-likeness (QED) is 0.662. The number of benzene rings is 2. The number of hydrogen-bond acceptors (Lipinski definition) is 4. The Morgan fingerprint density at radius 2 is 1.90 bits per heavy atom. The molecule has 1 saturated heterocycles. The zero-order valence-corrected chi connectivity index (χ0v) is 16.8. The summed E-state index contributed by atoms with van der Waals surface area (Å²) in [6, 6.07) is 17.6. The van der Waals surface area contributed by atoms with E-state index in [-0.39, 0.29) is 11.8 Å². The Kier molecular flexibility index (Phi) is 5.56. The van der Waals surface area contributed by atoms with Gasteiger partial charge in [-0.3, -0.25) is 4.79 Å². The SMILES string of the molecule is COc1ccccc1C(=O)N1CCCC(c2ccnc(-c3ccc(C)cc3)n2)C1. The van der Waals surface area contributed by atoms with E-state index in [1.807, 2.05) is 53.6 Å². The Morgan fingerprint density at radius 3 is 2.69 bits per heavy atom. The van der Waals surface area contributed by atoms with Crippen LogP contribution in [0.5, 0.6) is 5.75 Å². The molecule has 4 rings (SSSR count). The first kappa shape index (κ1) is 19.1.